The molecule has 0 aromatic heterocycles. The molecule has 7 nitrogen and oxygen atoms in total. The Bertz CT molecular complexity index is 956. The Morgan fingerprint density at radius 3 is 2.28 bits per heavy atom. The lowest BCUT2D eigenvalue weighted by atomic mass is 10.2. The number of rotatable bonds is 6. The topological polar surface area (TPSA) is 79.0 Å². The number of carbonyl (C=O) groups excluding carboxylic acids is 1. The van der Waals surface area contributed by atoms with Gasteiger partial charge in [-0.1, -0.05) is 12.1 Å². The second kappa shape index (κ2) is 9.02. The number of hydrogen-bond acceptors (Lipinski definition) is 5. The molecule has 1 fully saturated rings. The molecular weight excluding hydrogens is 414 g/mol. The molecule has 1 aliphatic heterocycles. The molecule has 0 saturated carbocycles. The normalized spacial score (nSPS) is 16.3. The van der Waals surface area contributed by atoms with Crippen LogP contribution in [0.3, 0.4) is 0 Å². The molecule has 29 heavy (non-hydrogen) atoms. The number of anilines is 2. The highest BCUT2D eigenvalue weighted by Crippen LogP contribution is 2.29. The van der Waals surface area contributed by atoms with Gasteiger partial charge in [0.1, 0.15) is 11.1 Å². The molecule has 1 N–H and O–H groups in total. The number of amides is 1. The Kier molecular flexibility index (Phi) is 6.66. The van der Waals surface area contributed by atoms with Crippen molar-refractivity contribution in [3.8, 4) is 5.75 Å². The maximum absolute atomic E-state index is 13.0. The zero-order valence-electron chi connectivity index (χ0n) is 16.3. The van der Waals surface area contributed by atoms with Crippen molar-refractivity contribution >= 4 is 38.9 Å². The Labute approximate surface area is 176 Å². The van der Waals surface area contributed by atoms with Crippen molar-refractivity contribution in [2.75, 3.05) is 43.5 Å². The Hall–Kier alpha value is -2.29. The van der Waals surface area contributed by atoms with E-state index in [0.717, 1.165) is 11.4 Å². The first kappa shape index (κ1) is 21.4. The fourth-order valence-electron chi connectivity index (χ4n) is 3.16. The van der Waals surface area contributed by atoms with E-state index in [2.05, 4.69) is 10.2 Å². The molecule has 0 bridgehead atoms. The Balaban J connectivity index is 1.67. The minimum absolute atomic E-state index is 0.195. The summed E-state index contributed by atoms with van der Waals surface area (Å²) < 4.78 is 32.8. The van der Waals surface area contributed by atoms with Gasteiger partial charge < -0.3 is 15.0 Å². The second-order valence-corrected chi connectivity index (χ2v) is 9.29. The van der Waals surface area contributed by atoms with Gasteiger partial charge in [-0.05, 0) is 43.3 Å². The number of hydrogen-bond donors (Lipinski definition) is 1. The molecule has 0 radical (unpaired) electrons. The minimum Gasteiger partial charge on any atom is -0.495 e. The molecule has 1 amide bonds. The van der Waals surface area contributed by atoms with Crippen LogP contribution < -0.4 is 15.0 Å². The summed E-state index contributed by atoms with van der Waals surface area (Å²) in [4.78, 5) is 14.0. The highest BCUT2D eigenvalue weighted by Gasteiger charge is 2.29. The van der Waals surface area contributed by atoms with Crippen molar-refractivity contribution in [1.82, 2.24) is 4.31 Å². The number of nitrogens with zero attached hydrogens (tertiary/aromatic N) is 2. The predicted octanol–water partition coefficient (Wildman–Crippen LogP) is 2.77. The fraction of sp³-hybridized carbons (Fsp3) is 0.350. The lowest BCUT2D eigenvalue weighted by Gasteiger charge is -2.35. The largest absolute Gasteiger partial charge is 0.495 e. The average molecular weight is 438 g/mol. The van der Waals surface area contributed by atoms with Gasteiger partial charge in [-0.3, -0.25) is 4.79 Å². The average Bonchev–Trinajstić information content (AvgIpc) is 2.74. The van der Waals surface area contributed by atoms with Crippen LogP contribution in [0.2, 0.25) is 0 Å². The van der Waals surface area contributed by atoms with Gasteiger partial charge >= 0.3 is 0 Å². The molecule has 1 saturated heterocycles. The third kappa shape index (κ3) is 4.83. The van der Waals surface area contributed by atoms with Crippen molar-refractivity contribution in [3.05, 3.63) is 48.5 Å². The zero-order chi connectivity index (χ0) is 21.0. The summed E-state index contributed by atoms with van der Waals surface area (Å²) in [5, 5.41) is 1.97. The van der Waals surface area contributed by atoms with Gasteiger partial charge in [0.15, 0.2) is 0 Å². The number of nitrogens with one attached hydrogen (secondary N) is 1. The molecule has 1 unspecified atom stereocenters. The van der Waals surface area contributed by atoms with Crippen LogP contribution in [0.1, 0.15) is 6.92 Å². The third-order valence-electron chi connectivity index (χ3n) is 4.79. The van der Waals surface area contributed by atoms with Crippen molar-refractivity contribution in [2.24, 2.45) is 0 Å². The van der Waals surface area contributed by atoms with Crippen LogP contribution in [0.25, 0.3) is 0 Å². The Morgan fingerprint density at radius 1 is 1.07 bits per heavy atom. The van der Waals surface area contributed by atoms with Crippen LogP contribution in [-0.4, -0.2) is 57.3 Å². The van der Waals surface area contributed by atoms with Crippen LogP contribution in [0.4, 0.5) is 11.4 Å². The van der Waals surface area contributed by atoms with Gasteiger partial charge in [0.25, 0.3) is 0 Å². The SMILES string of the molecule is COc1ccccc1N1CCN(S(=O)(=O)c2ccc(NC(=O)C(C)Cl)cc2)CC1. The zero-order valence-corrected chi connectivity index (χ0v) is 17.9. The number of ether oxygens (including phenoxy) is 1. The van der Waals surface area contributed by atoms with Crippen LogP contribution in [0, 0.1) is 0 Å². The van der Waals surface area contributed by atoms with Crippen molar-refractivity contribution in [1.29, 1.82) is 0 Å². The number of halogens is 1. The third-order valence-corrected chi connectivity index (χ3v) is 6.90. The van der Waals surface area contributed by atoms with E-state index < -0.39 is 15.4 Å². The first-order valence-corrected chi connectivity index (χ1v) is 11.1. The van der Waals surface area contributed by atoms with Crippen molar-refractivity contribution in [3.63, 3.8) is 0 Å². The Morgan fingerprint density at radius 2 is 1.69 bits per heavy atom. The number of carbonyl (C=O) groups is 1. The van der Waals surface area contributed by atoms with E-state index in [1.807, 2.05) is 24.3 Å². The number of para-hydroxylation sites is 2. The molecule has 1 atom stereocenters. The van der Waals surface area contributed by atoms with E-state index >= 15 is 0 Å². The van der Waals surface area contributed by atoms with Crippen LogP contribution in [0.15, 0.2) is 53.4 Å². The number of benzene rings is 2. The fourth-order valence-corrected chi connectivity index (χ4v) is 4.64. The quantitative estimate of drug-likeness (QED) is 0.703. The maximum Gasteiger partial charge on any atom is 0.243 e. The van der Waals surface area contributed by atoms with Crippen LogP contribution in [-0.2, 0) is 14.8 Å². The molecule has 0 aliphatic carbocycles. The van der Waals surface area contributed by atoms with Gasteiger partial charge in [0.05, 0.1) is 17.7 Å². The summed E-state index contributed by atoms with van der Waals surface area (Å²) >= 11 is 5.73. The summed E-state index contributed by atoms with van der Waals surface area (Å²) in [7, 11) is -1.98. The van der Waals surface area contributed by atoms with Crippen molar-refractivity contribution < 1.29 is 17.9 Å². The van der Waals surface area contributed by atoms with Gasteiger partial charge in [-0.15, -0.1) is 11.6 Å². The lowest BCUT2D eigenvalue weighted by molar-refractivity contribution is -0.115. The van der Waals surface area contributed by atoms with Crippen LogP contribution >= 0.6 is 11.6 Å². The minimum atomic E-state index is -3.61. The molecular formula is C20H24ClN3O4S. The standard InChI is InChI=1S/C20H24ClN3O4S/c1-15(21)20(25)22-16-7-9-17(10-8-16)29(26,27)24-13-11-23(12-14-24)18-5-3-4-6-19(18)28-2/h3-10,15H,11-14H2,1-2H3,(H,22,25). The van der Waals surface area contributed by atoms with Crippen molar-refractivity contribution in [2.45, 2.75) is 17.2 Å². The number of alkyl halides is 1. The van der Waals surface area contributed by atoms with E-state index in [1.165, 1.54) is 16.4 Å². The smallest absolute Gasteiger partial charge is 0.243 e. The number of piperazine rings is 1. The number of sulfonamides is 1. The summed E-state index contributed by atoms with van der Waals surface area (Å²) in [6.45, 7) is 3.47. The maximum atomic E-state index is 13.0. The molecule has 3 rings (SSSR count). The highest BCUT2D eigenvalue weighted by molar-refractivity contribution is 7.89. The molecule has 2 aromatic carbocycles. The summed E-state index contributed by atoms with van der Waals surface area (Å²) in [5.74, 6) is 0.433. The molecule has 156 valence electrons. The number of methoxy groups -OCH3 is 1. The monoisotopic (exact) mass is 437 g/mol. The molecule has 9 heteroatoms. The summed E-state index contributed by atoms with van der Waals surface area (Å²) in [5.41, 5.74) is 1.46. The van der Waals surface area contributed by atoms with Gasteiger partial charge in [-0.25, -0.2) is 8.42 Å². The summed E-state index contributed by atoms with van der Waals surface area (Å²) in [6.07, 6.45) is 0. The summed E-state index contributed by atoms with van der Waals surface area (Å²) in [6, 6.07) is 13.8. The molecule has 0 spiro atoms. The molecule has 1 aliphatic rings. The van der Waals surface area contributed by atoms with E-state index in [4.69, 9.17) is 16.3 Å². The highest BCUT2D eigenvalue weighted by atomic mass is 35.5. The van der Waals surface area contributed by atoms with E-state index in [-0.39, 0.29) is 10.8 Å². The first-order chi connectivity index (χ1) is 13.8. The van der Waals surface area contributed by atoms with E-state index in [1.54, 1.807) is 26.2 Å². The molecule has 1 heterocycles. The van der Waals surface area contributed by atoms with Gasteiger partial charge in [-0.2, -0.15) is 4.31 Å². The second-order valence-electron chi connectivity index (χ2n) is 6.69. The lowest BCUT2D eigenvalue weighted by Crippen LogP contribution is -2.48. The first-order valence-electron chi connectivity index (χ1n) is 9.26. The van der Waals surface area contributed by atoms with Gasteiger partial charge in [0, 0.05) is 31.9 Å². The predicted molar refractivity (Wildman–Crippen MR) is 114 cm³/mol. The molecule has 2 aromatic rings. The van der Waals surface area contributed by atoms with Gasteiger partial charge in [0.2, 0.25) is 15.9 Å². The van der Waals surface area contributed by atoms with Crippen LogP contribution in [0.5, 0.6) is 5.75 Å². The van der Waals surface area contributed by atoms with E-state index in [9.17, 15) is 13.2 Å². The van der Waals surface area contributed by atoms with E-state index in [0.29, 0.717) is 31.9 Å².